The maximum atomic E-state index is 6.15. The van der Waals surface area contributed by atoms with Gasteiger partial charge in [0.15, 0.2) is 0 Å². The molecule has 0 amide bonds. The summed E-state index contributed by atoms with van der Waals surface area (Å²) in [6.07, 6.45) is 29.8. The predicted molar refractivity (Wildman–Crippen MR) is 149 cm³/mol. The SMILES string of the molecule is CCCCCCCC/C=C\CCCCCCCCCCCCOP(C)N(C(C)C)C(C)C. The van der Waals surface area contributed by atoms with Gasteiger partial charge in [0.2, 0.25) is 0 Å². The third-order valence-electron chi connectivity index (χ3n) is 6.32. The van der Waals surface area contributed by atoms with E-state index < -0.39 is 8.30 Å². The lowest BCUT2D eigenvalue weighted by atomic mass is 10.1. The highest BCUT2D eigenvalue weighted by atomic mass is 31.2. The van der Waals surface area contributed by atoms with Crippen LogP contribution in [0.15, 0.2) is 12.2 Å². The molecular formula is C29H60NOP. The van der Waals surface area contributed by atoms with Crippen LogP contribution in [0.2, 0.25) is 0 Å². The molecule has 0 aromatic carbocycles. The summed E-state index contributed by atoms with van der Waals surface area (Å²) < 4.78 is 8.67. The summed E-state index contributed by atoms with van der Waals surface area (Å²) in [6.45, 7) is 14.6. The molecule has 0 aliphatic rings. The van der Waals surface area contributed by atoms with Gasteiger partial charge in [0.05, 0.1) is 6.61 Å². The zero-order chi connectivity index (χ0) is 23.9. The maximum absolute atomic E-state index is 6.15. The Morgan fingerprint density at radius 3 is 1.38 bits per heavy atom. The molecule has 0 radical (unpaired) electrons. The normalized spacial score (nSPS) is 13.3. The Labute approximate surface area is 205 Å². The standard InChI is InChI=1S/C29H60NOP/c1-7-8-9-10-11-12-13-14-15-16-17-18-19-20-21-22-23-24-25-26-27-31-32(6)30(28(2)3)29(4)5/h14-15,28-29H,7-13,16-27H2,1-6H3/b15-14-. The van der Waals surface area contributed by atoms with Crippen molar-refractivity contribution in [1.29, 1.82) is 0 Å². The topological polar surface area (TPSA) is 12.5 Å². The van der Waals surface area contributed by atoms with Crippen LogP contribution in [-0.4, -0.2) is 30.0 Å². The lowest BCUT2D eigenvalue weighted by molar-refractivity contribution is 0.252. The van der Waals surface area contributed by atoms with Crippen molar-refractivity contribution in [2.24, 2.45) is 0 Å². The van der Waals surface area contributed by atoms with E-state index in [4.69, 9.17) is 4.52 Å². The van der Waals surface area contributed by atoms with E-state index in [1.807, 2.05) is 0 Å². The largest absolute Gasteiger partial charge is 0.344 e. The molecule has 0 N–H and O–H groups in total. The summed E-state index contributed by atoms with van der Waals surface area (Å²) in [7, 11) is -0.440. The summed E-state index contributed by atoms with van der Waals surface area (Å²) >= 11 is 0. The number of rotatable bonds is 24. The molecule has 0 aliphatic carbocycles. The van der Waals surface area contributed by atoms with Crippen LogP contribution in [0.1, 0.15) is 150 Å². The van der Waals surface area contributed by atoms with Gasteiger partial charge in [-0.15, -0.1) is 0 Å². The Balaban J connectivity index is 3.31. The van der Waals surface area contributed by atoms with E-state index >= 15 is 0 Å². The molecule has 0 heterocycles. The van der Waals surface area contributed by atoms with Gasteiger partial charge in [0.25, 0.3) is 0 Å². The van der Waals surface area contributed by atoms with Crippen LogP contribution in [0.4, 0.5) is 0 Å². The molecule has 1 atom stereocenters. The van der Waals surface area contributed by atoms with Crippen LogP contribution >= 0.6 is 8.30 Å². The third-order valence-corrected chi connectivity index (χ3v) is 8.45. The highest BCUT2D eigenvalue weighted by Gasteiger charge is 2.20. The lowest BCUT2D eigenvalue weighted by Gasteiger charge is -2.35. The first-order chi connectivity index (χ1) is 15.5. The second kappa shape index (κ2) is 24.2. The molecule has 0 rings (SSSR count). The van der Waals surface area contributed by atoms with Crippen LogP contribution in [0, 0.1) is 0 Å². The molecule has 0 saturated heterocycles. The Hall–Kier alpha value is 0.0900. The van der Waals surface area contributed by atoms with Crippen LogP contribution in [0.25, 0.3) is 0 Å². The van der Waals surface area contributed by atoms with Crippen molar-refractivity contribution in [2.45, 2.75) is 162 Å². The van der Waals surface area contributed by atoms with Crippen LogP contribution in [0.3, 0.4) is 0 Å². The molecule has 0 spiro atoms. The fourth-order valence-electron chi connectivity index (χ4n) is 4.57. The smallest absolute Gasteiger partial charge is 0.101 e. The number of allylic oxidation sites excluding steroid dienone is 2. The van der Waals surface area contributed by atoms with E-state index in [9.17, 15) is 0 Å². The zero-order valence-corrected chi connectivity index (χ0v) is 23.9. The second-order valence-electron chi connectivity index (χ2n) is 10.2. The first-order valence-corrected chi connectivity index (χ1v) is 16.0. The van der Waals surface area contributed by atoms with Crippen molar-refractivity contribution in [3.63, 3.8) is 0 Å². The molecule has 1 unspecified atom stereocenters. The molecule has 0 bridgehead atoms. The summed E-state index contributed by atoms with van der Waals surface area (Å²) in [5.41, 5.74) is 0. The van der Waals surface area contributed by atoms with E-state index in [1.54, 1.807) is 0 Å². The van der Waals surface area contributed by atoms with Gasteiger partial charge >= 0.3 is 0 Å². The molecule has 0 aromatic rings. The first kappa shape index (κ1) is 32.1. The van der Waals surface area contributed by atoms with E-state index in [1.165, 1.54) is 116 Å². The summed E-state index contributed by atoms with van der Waals surface area (Å²) in [4.78, 5) is 0. The average molecular weight is 470 g/mol. The Morgan fingerprint density at radius 1 is 0.594 bits per heavy atom. The number of nitrogens with zero attached hydrogens (tertiary/aromatic N) is 1. The first-order valence-electron chi connectivity index (χ1n) is 14.3. The molecule has 32 heavy (non-hydrogen) atoms. The number of hydrogen-bond acceptors (Lipinski definition) is 2. The van der Waals surface area contributed by atoms with Gasteiger partial charge in [-0.2, -0.15) is 0 Å². The van der Waals surface area contributed by atoms with Crippen molar-refractivity contribution in [1.82, 2.24) is 4.67 Å². The van der Waals surface area contributed by atoms with E-state index in [0.29, 0.717) is 12.1 Å². The van der Waals surface area contributed by atoms with Crippen LogP contribution < -0.4 is 0 Å². The Kier molecular flexibility index (Phi) is 24.3. The Bertz CT molecular complexity index is 389. The molecule has 3 heteroatoms. The van der Waals surface area contributed by atoms with Gasteiger partial charge in [0, 0.05) is 12.1 Å². The average Bonchev–Trinajstić information content (AvgIpc) is 2.74. The Morgan fingerprint density at radius 2 is 0.969 bits per heavy atom. The summed E-state index contributed by atoms with van der Waals surface area (Å²) in [6, 6.07) is 1.13. The maximum Gasteiger partial charge on any atom is 0.101 e. The molecule has 192 valence electrons. The van der Waals surface area contributed by atoms with Crippen molar-refractivity contribution in [3.05, 3.63) is 12.2 Å². The third kappa shape index (κ3) is 20.7. The minimum absolute atomic E-state index is 0.440. The highest BCUT2D eigenvalue weighted by molar-refractivity contribution is 7.49. The fraction of sp³-hybridized carbons (Fsp3) is 0.931. The molecule has 2 nitrogen and oxygen atoms in total. The van der Waals surface area contributed by atoms with E-state index in [2.05, 4.69) is 58.1 Å². The van der Waals surface area contributed by atoms with Crippen molar-refractivity contribution in [2.75, 3.05) is 13.3 Å². The quantitative estimate of drug-likeness (QED) is 0.0791. The zero-order valence-electron chi connectivity index (χ0n) is 23.0. The van der Waals surface area contributed by atoms with E-state index in [0.717, 1.165) is 6.61 Å². The minimum atomic E-state index is -0.440. The van der Waals surface area contributed by atoms with Gasteiger partial charge in [0.1, 0.15) is 8.30 Å². The van der Waals surface area contributed by atoms with E-state index in [-0.39, 0.29) is 0 Å². The number of hydrogen-bond donors (Lipinski definition) is 0. The van der Waals surface area contributed by atoms with Crippen molar-refractivity contribution in [3.8, 4) is 0 Å². The highest BCUT2D eigenvalue weighted by Crippen LogP contribution is 2.41. The fourth-order valence-corrected chi connectivity index (χ4v) is 6.39. The molecule has 0 fully saturated rings. The van der Waals surface area contributed by atoms with Gasteiger partial charge in [-0.3, -0.25) is 4.67 Å². The second-order valence-corrected chi connectivity index (χ2v) is 11.9. The molecule has 0 aliphatic heterocycles. The lowest BCUT2D eigenvalue weighted by Crippen LogP contribution is -2.32. The number of unbranched alkanes of at least 4 members (excludes halogenated alkanes) is 16. The minimum Gasteiger partial charge on any atom is -0.344 e. The predicted octanol–water partition coefficient (Wildman–Crippen LogP) is 10.7. The van der Waals surface area contributed by atoms with Crippen molar-refractivity contribution >= 4 is 8.30 Å². The molecule has 0 saturated carbocycles. The monoisotopic (exact) mass is 469 g/mol. The van der Waals surface area contributed by atoms with Crippen molar-refractivity contribution < 1.29 is 4.52 Å². The van der Waals surface area contributed by atoms with Gasteiger partial charge in [-0.05, 0) is 66.5 Å². The molecule has 0 aromatic heterocycles. The van der Waals surface area contributed by atoms with Gasteiger partial charge in [-0.25, -0.2) is 0 Å². The summed E-state index contributed by atoms with van der Waals surface area (Å²) in [5.74, 6) is 0. The molecular weight excluding hydrogens is 409 g/mol. The van der Waals surface area contributed by atoms with Crippen LogP contribution in [-0.2, 0) is 4.52 Å². The summed E-state index contributed by atoms with van der Waals surface area (Å²) in [5, 5.41) is 0. The van der Waals surface area contributed by atoms with Gasteiger partial charge in [-0.1, -0.05) is 103 Å². The van der Waals surface area contributed by atoms with Gasteiger partial charge < -0.3 is 4.52 Å². The van der Waals surface area contributed by atoms with Crippen LogP contribution in [0.5, 0.6) is 0 Å².